The highest BCUT2D eigenvalue weighted by Crippen LogP contribution is 2.28. The molecule has 1 atom stereocenters. The molecule has 4 aromatic rings. The molecule has 0 aliphatic heterocycles. The lowest BCUT2D eigenvalue weighted by atomic mass is 10.1. The number of H-pyrrole nitrogens is 1. The first-order valence-electron chi connectivity index (χ1n) is 8.67. The van der Waals surface area contributed by atoms with Crippen LogP contribution in [-0.2, 0) is 0 Å². The van der Waals surface area contributed by atoms with Crippen LogP contribution in [0.1, 0.15) is 19.0 Å². The summed E-state index contributed by atoms with van der Waals surface area (Å²) >= 11 is 0. The number of nitrogens with two attached hydrogens (primary N) is 1. The zero-order valence-electron chi connectivity index (χ0n) is 14.8. The lowest BCUT2D eigenvalue weighted by Crippen LogP contribution is -2.20. The van der Waals surface area contributed by atoms with Crippen LogP contribution in [0.5, 0.6) is 0 Å². The molecule has 0 aromatic carbocycles. The van der Waals surface area contributed by atoms with Crippen molar-refractivity contribution in [2.75, 3.05) is 0 Å². The predicted molar refractivity (Wildman–Crippen MR) is 105 cm³/mol. The van der Waals surface area contributed by atoms with Crippen molar-refractivity contribution in [3.63, 3.8) is 0 Å². The zero-order valence-corrected chi connectivity index (χ0v) is 14.8. The fourth-order valence-corrected chi connectivity index (χ4v) is 2.95. The molecule has 0 fully saturated rings. The summed E-state index contributed by atoms with van der Waals surface area (Å²) in [6, 6.07) is 11.3. The standard InChI is InChI=1S/C20H19N7/c1-12(21)8-15(22)16-5-2-6-17(25-16)20-14-9-18(13-4-3-7-23-10-13)24-11-19(14)26-27-20/h2-7,9-12,22H,8,21H2,1H3,(H,26,27)/t12-/m1/s1. The summed E-state index contributed by atoms with van der Waals surface area (Å²) in [4.78, 5) is 13.3. The first-order valence-corrected chi connectivity index (χ1v) is 8.67. The third kappa shape index (κ3) is 3.45. The Labute approximate surface area is 156 Å². The minimum absolute atomic E-state index is 0.0812. The van der Waals surface area contributed by atoms with Gasteiger partial charge >= 0.3 is 0 Å². The van der Waals surface area contributed by atoms with E-state index in [4.69, 9.17) is 11.1 Å². The summed E-state index contributed by atoms with van der Waals surface area (Å²) in [5.74, 6) is 0. The van der Waals surface area contributed by atoms with E-state index in [9.17, 15) is 0 Å². The average Bonchev–Trinajstić information content (AvgIpc) is 3.11. The molecule has 4 N–H and O–H groups in total. The first-order chi connectivity index (χ1) is 13.1. The number of nitrogens with one attached hydrogen (secondary N) is 2. The number of hydrogen-bond acceptors (Lipinski definition) is 6. The Morgan fingerprint density at radius 2 is 2.07 bits per heavy atom. The Morgan fingerprint density at radius 1 is 1.19 bits per heavy atom. The van der Waals surface area contributed by atoms with Crippen LogP contribution in [0, 0.1) is 5.41 Å². The van der Waals surface area contributed by atoms with Crippen LogP contribution in [0.2, 0.25) is 0 Å². The Hall–Kier alpha value is -3.45. The van der Waals surface area contributed by atoms with E-state index in [0.29, 0.717) is 23.5 Å². The van der Waals surface area contributed by atoms with E-state index < -0.39 is 0 Å². The van der Waals surface area contributed by atoms with Crippen molar-refractivity contribution in [3.8, 4) is 22.6 Å². The summed E-state index contributed by atoms with van der Waals surface area (Å²) in [5.41, 5.74) is 10.9. The molecular formula is C20H19N7. The first kappa shape index (κ1) is 17.0. The van der Waals surface area contributed by atoms with Gasteiger partial charge in [0.15, 0.2) is 0 Å². The van der Waals surface area contributed by atoms with Crippen molar-refractivity contribution >= 4 is 16.6 Å². The van der Waals surface area contributed by atoms with Crippen LogP contribution in [0.25, 0.3) is 33.5 Å². The van der Waals surface area contributed by atoms with Crippen LogP contribution >= 0.6 is 0 Å². The third-order valence-corrected chi connectivity index (χ3v) is 4.23. The second-order valence-electron chi connectivity index (χ2n) is 6.50. The smallest absolute Gasteiger partial charge is 0.118 e. The van der Waals surface area contributed by atoms with Gasteiger partial charge in [-0.25, -0.2) is 4.98 Å². The lowest BCUT2D eigenvalue weighted by Gasteiger charge is -2.07. The molecule has 0 aliphatic carbocycles. The largest absolute Gasteiger partial charge is 0.328 e. The molecule has 27 heavy (non-hydrogen) atoms. The minimum atomic E-state index is -0.0812. The Balaban J connectivity index is 1.77. The maximum absolute atomic E-state index is 8.20. The third-order valence-electron chi connectivity index (χ3n) is 4.23. The number of nitrogens with zero attached hydrogens (tertiary/aromatic N) is 4. The molecule has 0 radical (unpaired) electrons. The molecule has 134 valence electrons. The SMILES string of the molecule is C[C@@H](N)CC(=N)c1cccc(-c2n[nH]c3cnc(-c4cccnc4)cc23)n1. The predicted octanol–water partition coefficient (Wildman–Crippen LogP) is 3.19. The van der Waals surface area contributed by atoms with Gasteiger partial charge in [-0.05, 0) is 37.3 Å². The summed E-state index contributed by atoms with van der Waals surface area (Å²) in [6.07, 6.45) is 5.75. The molecule has 0 amide bonds. The Morgan fingerprint density at radius 3 is 2.85 bits per heavy atom. The minimum Gasteiger partial charge on any atom is -0.328 e. The van der Waals surface area contributed by atoms with Gasteiger partial charge in [0.25, 0.3) is 0 Å². The second kappa shape index (κ2) is 7.05. The molecular weight excluding hydrogens is 338 g/mol. The molecule has 7 nitrogen and oxygen atoms in total. The van der Waals surface area contributed by atoms with Gasteiger partial charge in [0.1, 0.15) is 5.69 Å². The van der Waals surface area contributed by atoms with Crippen LogP contribution in [0.4, 0.5) is 0 Å². The molecule has 0 saturated heterocycles. The van der Waals surface area contributed by atoms with Crippen molar-refractivity contribution in [2.24, 2.45) is 5.73 Å². The van der Waals surface area contributed by atoms with E-state index in [0.717, 1.165) is 27.9 Å². The second-order valence-corrected chi connectivity index (χ2v) is 6.50. The number of aromatic amines is 1. The summed E-state index contributed by atoms with van der Waals surface area (Å²) in [7, 11) is 0. The van der Waals surface area contributed by atoms with Gasteiger partial charge in [-0.1, -0.05) is 6.07 Å². The molecule has 0 unspecified atom stereocenters. The summed E-state index contributed by atoms with van der Waals surface area (Å²) in [5, 5.41) is 16.6. The fraction of sp³-hybridized carbons (Fsp3) is 0.150. The van der Waals surface area contributed by atoms with Crippen molar-refractivity contribution in [3.05, 3.63) is 60.7 Å². The summed E-state index contributed by atoms with van der Waals surface area (Å²) in [6.45, 7) is 1.88. The number of fused-ring (bicyclic) bond motifs is 1. The highest BCUT2D eigenvalue weighted by atomic mass is 15.1. The van der Waals surface area contributed by atoms with Gasteiger partial charge in [-0.2, -0.15) is 5.10 Å². The molecule has 0 spiro atoms. The van der Waals surface area contributed by atoms with Crippen LogP contribution in [0.3, 0.4) is 0 Å². The number of pyridine rings is 3. The van der Waals surface area contributed by atoms with E-state index in [1.807, 2.05) is 43.3 Å². The number of aromatic nitrogens is 5. The van der Waals surface area contributed by atoms with Gasteiger partial charge in [0, 0.05) is 35.8 Å². The van der Waals surface area contributed by atoms with Crippen molar-refractivity contribution in [1.82, 2.24) is 25.1 Å². The van der Waals surface area contributed by atoms with Crippen molar-refractivity contribution in [2.45, 2.75) is 19.4 Å². The van der Waals surface area contributed by atoms with E-state index in [1.54, 1.807) is 18.6 Å². The molecule has 4 heterocycles. The Kier molecular flexibility index (Phi) is 4.43. The van der Waals surface area contributed by atoms with Gasteiger partial charge in [0.2, 0.25) is 0 Å². The van der Waals surface area contributed by atoms with Crippen LogP contribution in [-0.4, -0.2) is 36.9 Å². The van der Waals surface area contributed by atoms with Crippen LogP contribution < -0.4 is 5.73 Å². The van der Waals surface area contributed by atoms with E-state index in [1.165, 1.54) is 0 Å². The monoisotopic (exact) mass is 357 g/mol. The maximum Gasteiger partial charge on any atom is 0.118 e. The van der Waals surface area contributed by atoms with Gasteiger partial charge in [0.05, 0.1) is 34.5 Å². The number of hydrogen-bond donors (Lipinski definition) is 3. The molecule has 0 saturated carbocycles. The maximum atomic E-state index is 8.20. The van der Waals surface area contributed by atoms with E-state index in [-0.39, 0.29) is 6.04 Å². The summed E-state index contributed by atoms with van der Waals surface area (Å²) < 4.78 is 0. The van der Waals surface area contributed by atoms with Gasteiger partial charge in [-0.15, -0.1) is 0 Å². The van der Waals surface area contributed by atoms with E-state index in [2.05, 4.69) is 25.1 Å². The van der Waals surface area contributed by atoms with Crippen molar-refractivity contribution in [1.29, 1.82) is 5.41 Å². The normalized spacial score (nSPS) is 12.2. The lowest BCUT2D eigenvalue weighted by molar-refractivity contribution is 0.775. The fourth-order valence-electron chi connectivity index (χ4n) is 2.95. The van der Waals surface area contributed by atoms with E-state index >= 15 is 0 Å². The molecule has 4 rings (SSSR count). The van der Waals surface area contributed by atoms with Gasteiger partial charge in [-0.3, -0.25) is 15.1 Å². The highest BCUT2D eigenvalue weighted by Gasteiger charge is 2.14. The quantitative estimate of drug-likeness (QED) is 0.474. The Bertz CT molecular complexity index is 1100. The topological polar surface area (TPSA) is 117 Å². The molecule has 4 aromatic heterocycles. The zero-order chi connectivity index (χ0) is 18.8. The molecule has 7 heteroatoms. The van der Waals surface area contributed by atoms with Crippen LogP contribution in [0.15, 0.2) is 55.0 Å². The highest BCUT2D eigenvalue weighted by molar-refractivity contribution is 5.98. The molecule has 0 bridgehead atoms. The number of rotatable bonds is 5. The molecule has 0 aliphatic rings. The van der Waals surface area contributed by atoms with Gasteiger partial charge < -0.3 is 11.1 Å². The van der Waals surface area contributed by atoms with Crippen molar-refractivity contribution < 1.29 is 0 Å². The average molecular weight is 357 g/mol.